The Hall–Kier alpha value is -2.93. The van der Waals surface area contributed by atoms with Crippen molar-refractivity contribution in [3.63, 3.8) is 0 Å². The molecule has 1 atom stereocenters. The average molecular weight is 394 g/mol. The molecule has 1 aliphatic heterocycles. The number of aromatic nitrogens is 2. The monoisotopic (exact) mass is 393 g/mol. The summed E-state index contributed by atoms with van der Waals surface area (Å²) in [5.74, 6) is -2.90. The number of halogens is 2. The molecule has 1 aromatic rings. The van der Waals surface area contributed by atoms with E-state index in [1.165, 1.54) is 4.90 Å². The molecule has 0 spiro atoms. The van der Waals surface area contributed by atoms with Gasteiger partial charge in [0.1, 0.15) is 0 Å². The largest absolute Gasteiger partial charge is 0.463 e. The summed E-state index contributed by atoms with van der Waals surface area (Å²) < 4.78 is 20.1. The fourth-order valence-electron chi connectivity index (χ4n) is 2.29. The number of morpholine rings is 1. The first-order valence-electron chi connectivity index (χ1n) is 7.01. The van der Waals surface area contributed by atoms with Crippen molar-refractivity contribution in [1.82, 2.24) is 15.0 Å². The number of carbonyl (C=O) groups is 3. The first-order chi connectivity index (χ1) is 12.1. The number of anilines is 2. The maximum atomic E-state index is 14.9. The van der Waals surface area contributed by atoms with E-state index >= 15 is 0 Å². The van der Waals surface area contributed by atoms with Crippen molar-refractivity contribution in [2.45, 2.75) is 13.0 Å². The number of rotatable bonds is 2. The second kappa shape index (κ2) is 7.53. The minimum atomic E-state index is -2.18. The summed E-state index contributed by atoms with van der Waals surface area (Å²) >= 11 is 5.72. The molecule has 14 heteroatoms. The number of hydrazine groups is 1. The van der Waals surface area contributed by atoms with Crippen molar-refractivity contribution in [2.24, 2.45) is 0 Å². The highest BCUT2D eigenvalue weighted by molar-refractivity contribution is 6.28. The number of imide groups is 1. The van der Waals surface area contributed by atoms with Crippen LogP contribution in [-0.2, 0) is 4.74 Å². The first-order valence-corrected chi connectivity index (χ1v) is 7.39. The molecule has 1 saturated heterocycles. The zero-order valence-corrected chi connectivity index (χ0v) is 13.9. The lowest BCUT2D eigenvalue weighted by molar-refractivity contribution is 0.0980. The lowest BCUT2D eigenvalue weighted by Gasteiger charge is -2.35. The van der Waals surface area contributed by atoms with Gasteiger partial charge in [0.2, 0.25) is 16.9 Å². The fraction of sp³-hybridized carbons (Fsp3) is 0.417. The van der Waals surface area contributed by atoms with Crippen LogP contribution in [0, 0.1) is 5.82 Å². The van der Waals surface area contributed by atoms with E-state index in [0.717, 1.165) is 0 Å². The Bertz CT molecular complexity index is 737. The molecule has 0 radical (unpaired) electrons. The van der Waals surface area contributed by atoms with Crippen LogP contribution in [-0.4, -0.2) is 74.4 Å². The second-order valence-electron chi connectivity index (χ2n) is 5.04. The van der Waals surface area contributed by atoms with Crippen molar-refractivity contribution in [1.29, 1.82) is 0 Å². The van der Waals surface area contributed by atoms with Gasteiger partial charge in [-0.25, -0.2) is 14.4 Å². The van der Waals surface area contributed by atoms with Crippen LogP contribution in [0.25, 0.3) is 0 Å². The molecule has 2 rings (SSSR count). The van der Waals surface area contributed by atoms with E-state index in [1.807, 2.05) is 0 Å². The van der Waals surface area contributed by atoms with E-state index in [0.29, 0.717) is 0 Å². The number of carboxylic acid groups (broad SMARTS) is 3. The standard InChI is InChI=1S/C12H13ClFN5O7/c1-5-4-26-3-2-17(5)7-6(14)8(16-9(13)15-7)18(10(20)21)19(11(22)23)12(24)25/h5H,2-4H2,1H3,(H,20,21)(H,22,23)(H,24,25)/t5-/m0/s1. The van der Waals surface area contributed by atoms with E-state index in [9.17, 15) is 23.9 Å². The van der Waals surface area contributed by atoms with Crippen LogP contribution in [0.3, 0.4) is 0 Å². The van der Waals surface area contributed by atoms with E-state index < -0.39 is 46.0 Å². The first kappa shape index (κ1) is 19.4. The van der Waals surface area contributed by atoms with Gasteiger partial charge in [-0.05, 0) is 18.5 Å². The van der Waals surface area contributed by atoms with Crippen molar-refractivity contribution in [3.8, 4) is 0 Å². The van der Waals surface area contributed by atoms with E-state index in [-0.39, 0.29) is 30.8 Å². The Morgan fingerprint density at radius 3 is 2.35 bits per heavy atom. The molecule has 142 valence electrons. The number of ether oxygens (including phenoxy) is 1. The minimum absolute atomic E-state index is 0.194. The Balaban J connectivity index is 2.61. The summed E-state index contributed by atoms with van der Waals surface area (Å²) in [5.41, 5.74) is 0. The number of amides is 3. The van der Waals surface area contributed by atoms with E-state index in [4.69, 9.17) is 26.6 Å². The Kier molecular flexibility index (Phi) is 5.62. The van der Waals surface area contributed by atoms with Crippen LogP contribution in [0.1, 0.15) is 6.92 Å². The third kappa shape index (κ3) is 3.67. The van der Waals surface area contributed by atoms with Crippen LogP contribution < -0.4 is 9.91 Å². The molecule has 0 saturated carbocycles. The molecule has 0 aliphatic carbocycles. The van der Waals surface area contributed by atoms with Gasteiger partial charge in [-0.2, -0.15) is 14.4 Å². The summed E-state index contributed by atoms with van der Waals surface area (Å²) in [6, 6.07) is -0.356. The lowest BCUT2D eigenvalue weighted by Crippen LogP contribution is -2.53. The third-order valence-electron chi connectivity index (χ3n) is 3.37. The van der Waals surface area contributed by atoms with Gasteiger partial charge in [0.05, 0.1) is 19.3 Å². The van der Waals surface area contributed by atoms with Gasteiger partial charge in [0.25, 0.3) is 0 Å². The number of nitrogens with zero attached hydrogens (tertiary/aromatic N) is 5. The quantitative estimate of drug-likeness (QED) is 0.497. The van der Waals surface area contributed by atoms with Gasteiger partial charge in [0, 0.05) is 6.54 Å². The Morgan fingerprint density at radius 1 is 1.23 bits per heavy atom. The molecule has 26 heavy (non-hydrogen) atoms. The summed E-state index contributed by atoms with van der Waals surface area (Å²) in [6.07, 6.45) is -6.48. The molecular formula is C12H13ClFN5O7. The van der Waals surface area contributed by atoms with Gasteiger partial charge in [-0.15, -0.1) is 10.0 Å². The summed E-state index contributed by atoms with van der Waals surface area (Å²) in [7, 11) is 0. The molecule has 0 unspecified atom stereocenters. The predicted octanol–water partition coefficient (Wildman–Crippen LogP) is 1.55. The SMILES string of the molecule is C[C@H]1COCCN1c1nc(Cl)nc(N(C(=O)O)N(C(=O)O)C(=O)O)c1F. The fourth-order valence-corrected chi connectivity index (χ4v) is 2.45. The lowest BCUT2D eigenvalue weighted by atomic mass is 10.2. The second-order valence-corrected chi connectivity index (χ2v) is 5.38. The highest BCUT2D eigenvalue weighted by atomic mass is 35.5. The van der Waals surface area contributed by atoms with Crippen molar-refractivity contribution in [3.05, 3.63) is 11.1 Å². The minimum Gasteiger partial charge on any atom is -0.463 e. The molecule has 1 fully saturated rings. The van der Waals surface area contributed by atoms with Gasteiger partial charge >= 0.3 is 18.3 Å². The Morgan fingerprint density at radius 2 is 1.85 bits per heavy atom. The number of hydrogen-bond donors (Lipinski definition) is 3. The maximum Gasteiger partial charge on any atom is 0.437 e. The normalized spacial score (nSPS) is 16.9. The number of hydrogen-bond acceptors (Lipinski definition) is 7. The van der Waals surface area contributed by atoms with Crippen LogP contribution in [0.2, 0.25) is 5.28 Å². The third-order valence-corrected chi connectivity index (χ3v) is 3.54. The van der Waals surface area contributed by atoms with Gasteiger partial charge in [-0.1, -0.05) is 0 Å². The Labute approximate surface area is 149 Å². The molecule has 0 aromatic carbocycles. The molecular weight excluding hydrogens is 381 g/mol. The van der Waals surface area contributed by atoms with Gasteiger partial charge < -0.3 is 25.0 Å². The molecule has 2 heterocycles. The molecule has 1 aromatic heterocycles. The predicted molar refractivity (Wildman–Crippen MR) is 83.0 cm³/mol. The van der Waals surface area contributed by atoms with E-state index in [1.54, 1.807) is 6.92 Å². The zero-order valence-electron chi connectivity index (χ0n) is 13.2. The van der Waals surface area contributed by atoms with Crippen molar-refractivity contribution in [2.75, 3.05) is 29.7 Å². The maximum absolute atomic E-state index is 14.9. The summed E-state index contributed by atoms with van der Waals surface area (Å²) in [4.78, 5) is 42.1. The van der Waals surface area contributed by atoms with Gasteiger partial charge in [-0.3, -0.25) is 0 Å². The average Bonchev–Trinajstić information content (AvgIpc) is 2.54. The molecule has 12 nitrogen and oxygen atoms in total. The molecule has 0 bridgehead atoms. The summed E-state index contributed by atoms with van der Waals surface area (Å²) in [5, 5.41) is 25.5. The topological polar surface area (TPSA) is 157 Å². The van der Waals surface area contributed by atoms with Gasteiger partial charge in [0.15, 0.2) is 5.82 Å². The smallest absolute Gasteiger partial charge is 0.437 e. The molecule has 1 aliphatic rings. The van der Waals surface area contributed by atoms with Crippen LogP contribution in [0.15, 0.2) is 0 Å². The highest BCUT2D eigenvalue weighted by Gasteiger charge is 2.38. The summed E-state index contributed by atoms with van der Waals surface area (Å²) in [6.45, 7) is 2.35. The molecule has 3 N–H and O–H groups in total. The molecule has 3 amide bonds. The van der Waals surface area contributed by atoms with E-state index in [2.05, 4.69) is 9.97 Å². The van der Waals surface area contributed by atoms with Crippen LogP contribution in [0.5, 0.6) is 0 Å². The zero-order chi connectivity index (χ0) is 19.6. The van der Waals surface area contributed by atoms with Crippen molar-refractivity contribution < 1.29 is 38.8 Å². The van der Waals surface area contributed by atoms with Crippen molar-refractivity contribution >= 4 is 41.5 Å². The van der Waals surface area contributed by atoms with Crippen LogP contribution >= 0.6 is 11.6 Å². The van der Waals surface area contributed by atoms with Crippen LogP contribution in [0.4, 0.5) is 30.4 Å². The highest BCUT2D eigenvalue weighted by Crippen LogP contribution is 2.30.